The van der Waals surface area contributed by atoms with Crippen molar-refractivity contribution in [2.75, 3.05) is 20.1 Å². The molecule has 17 heavy (non-hydrogen) atoms. The van der Waals surface area contributed by atoms with Gasteiger partial charge in [0.1, 0.15) is 0 Å². The van der Waals surface area contributed by atoms with Gasteiger partial charge >= 0.3 is 0 Å². The minimum absolute atomic E-state index is 0.857. The van der Waals surface area contributed by atoms with Crippen LogP contribution in [0.15, 0.2) is 12.1 Å². The van der Waals surface area contributed by atoms with Crippen molar-refractivity contribution < 1.29 is 0 Å². The van der Waals surface area contributed by atoms with Crippen LogP contribution in [0.3, 0.4) is 0 Å². The highest BCUT2D eigenvalue weighted by atomic mass is 32.1. The third-order valence-electron chi connectivity index (χ3n) is 3.39. The van der Waals surface area contributed by atoms with Gasteiger partial charge in [-0.15, -0.1) is 11.3 Å². The van der Waals surface area contributed by atoms with Crippen LogP contribution in [-0.4, -0.2) is 25.0 Å². The minimum atomic E-state index is 0.857. The van der Waals surface area contributed by atoms with E-state index in [2.05, 4.69) is 36.2 Å². The lowest BCUT2D eigenvalue weighted by molar-refractivity contribution is 0.135. The van der Waals surface area contributed by atoms with Crippen LogP contribution >= 0.6 is 11.3 Å². The maximum Gasteiger partial charge on any atom is 0.0328 e. The number of hydrogen-bond donors (Lipinski definition) is 1. The predicted molar refractivity (Wildman–Crippen MR) is 75.3 cm³/mol. The molecular formula is C14H24N2S. The zero-order chi connectivity index (χ0) is 12.3. The van der Waals surface area contributed by atoms with E-state index in [-0.39, 0.29) is 0 Å². The summed E-state index contributed by atoms with van der Waals surface area (Å²) in [5.41, 5.74) is 0. The average Bonchev–Trinajstić information content (AvgIpc) is 2.64. The fourth-order valence-corrected chi connectivity index (χ4v) is 3.99. The molecule has 1 saturated heterocycles. The van der Waals surface area contributed by atoms with Crippen LogP contribution < -0.4 is 5.32 Å². The average molecular weight is 252 g/mol. The largest absolute Gasteiger partial charge is 0.315 e. The molecule has 1 fully saturated rings. The van der Waals surface area contributed by atoms with Gasteiger partial charge < -0.3 is 5.32 Å². The van der Waals surface area contributed by atoms with Crippen LogP contribution in [0.25, 0.3) is 0 Å². The number of nitrogens with zero attached hydrogens (tertiary/aromatic N) is 1. The third kappa shape index (κ3) is 3.80. The summed E-state index contributed by atoms with van der Waals surface area (Å²) in [6.07, 6.45) is 1.39. The molecule has 0 saturated carbocycles. The van der Waals surface area contributed by atoms with Crippen LogP contribution in [0.2, 0.25) is 0 Å². The molecule has 1 aromatic rings. The number of likely N-dealkylation sites (tertiary alicyclic amines) is 1. The monoisotopic (exact) mass is 252 g/mol. The molecule has 0 aromatic carbocycles. The van der Waals surface area contributed by atoms with Crippen molar-refractivity contribution in [2.45, 2.75) is 33.4 Å². The molecule has 0 amide bonds. The van der Waals surface area contributed by atoms with E-state index in [1.54, 1.807) is 0 Å². The van der Waals surface area contributed by atoms with Crippen LogP contribution in [0.1, 0.15) is 30.0 Å². The predicted octanol–water partition coefficient (Wildman–Crippen LogP) is 2.95. The van der Waals surface area contributed by atoms with Crippen molar-refractivity contribution in [2.24, 2.45) is 11.8 Å². The van der Waals surface area contributed by atoms with E-state index in [1.165, 1.54) is 29.3 Å². The topological polar surface area (TPSA) is 15.3 Å². The number of rotatable bonds is 4. The first-order chi connectivity index (χ1) is 8.17. The van der Waals surface area contributed by atoms with Gasteiger partial charge in [-0.1, -0.05) is 13.8 Å². The van der Waals surface area contributed by atoms with Crippen molar-refractivity contribution in [3.8, 4) is 0 Å². The summed E-state index contributed by atoms with van der Waals surface area (Å²) >= 11 is 1.95. The Morgan fingerprint density at radius 3 is 2.53 bits per heavy atom. The Kier molecular flexibility index (Phi) is 4.60. The molecule has 0 bridgehead atoms. The second-order valence-electron chi connectivity index (χ2n) is 5.54. The normalized spacial score (nSPS) is 26.3. The van der Waals surface area contributed by atoms with Gasteiger partial charge in [0.2, 0.25) is 0 Å². The summed E-state index contributed by atoms with van der Waals surface area (Å²) in [6, 6.07) is 4.55. The van der Waals surface area contributed by atoms with Gasteiger partial charge in [-0.3, -0.25) is 4.90 Å². The van der Waals surface area contributed by atoms with Crippen molar-refractivity contribution in [3.05, 3.63) is 21.9 Å². The van der Waals surface area contributed by atoms with E-state index in [0.29, 0.717) is 0 Å². The molecule has 0 aliphatic carbocycles. The molecule has 0 spiro atoms. The Hall–Kier alpha value is -0.380. The van der Waals surface area contributed by atoms with E-state index >= 15 is 0 Å². The van der Waals surface area contributed by atoms with Gasteiger partial charge in [0, 0.05) is 35.9 Å². The molecule has 96 valence electrons. The Morgan fingerprint density at radius 2 is 1.88 bits per heavy atom. The van der Waals surface area contributed by atoms with Crippen molar-refractivity contribution >= 4 is 11.3 Å². The molecule has 1 aliphatic rings. The molecule has 2 heterocycles. The van der Waals surface area contributed by atoms with E-state index < -0.39 is 0 Å². The molecule has 2 nitrogen and oxygen atoms in total. The second-order valence-corrected chi connectivity index (χ2v) is 6.79. The fraction of sp³-hybridized carbons (Fsp3) is 0.714. The molecule has 2 unspecified atom stereocenters. The molecule has 0 radical (unpaired) electrons. The summed E-state index contributed by atoms with van der Waals surface area (Å²) < 4.78 is 0. The first kappa shape index (κ1) is 13.1. The standard InChI is InChI=1S/C14H24N2S/c1-11-6-12(2)9-16(8-11)10-14-5-4-13(17-14)7-15-3/h4-5,11-12,15H,6-10H2,1-3H3. The van der Waals surface area contributed by atoms with Gasteiger partial charge in [-0.2, -0.15) is 0 Å². The minimum Gasteiger partial charge on any atom is -0.315 e. The molecule has 3 heteroatoms. The summed E-state index contributed by atoms with van der Waals surface area (Å²) in [6.45, 7) is 9.43. The lowest BCUT2D eigenvalue weighted by Crippen LogP contribution is -2.37. The lowest BCUT2D eigenvalue weighted by atomic mass is 9.92. The lowest BCUT2D eigenvalue weighted by Gasteiger charge is -2.34. The number of thiophene rings is 1. The molecular weight excluding hydrogens is 228 g/mol. The zero-order valence-corrected chi connectivity index (χ0v) is 12.0. The van der Waals surface area contributed by atoms with Crippen LogP contribution in [0.5, 0.6) is 0 Å². The second kappa shape index (κ2) is 5.98. The summed E-state index contributed by atoms with van der Waals surface area (Å²) in [7, 11) is 2.01. The first-order valence-corrected chi connectivity index (χ1v) is 7.43. The molecule has 1 aromatic heterocycles. The summed E-state index contributed by atoms with van der Waals surface area (Å²) in [5, 5.41) is 3.21. The van der Waals surface area contributed by atoms with Crippen LogP contribution in [0.4, 0.5) is 0 Å². The molecule has 1 aliphatic heterocycles. The van der Waals surface area contributed by atoms with Gasteiger partial charge in [0.05, 0.1) is 0 Å². The number of nitrogens with one attached hydrogen (secondary N) is 1. The molecule has 1 N–H and O–H groups in total. The van der Waals surface area contributed by atoms with Gasteiger partial charge in [0.25, 0.3) is 0 Å². The summed E-state index contributed by atoms with van der Waals surface area (Å²) in [4.78, 5) is 5.57. The smallest absolute Gasteiger partial charge is 0.0328 e. The van der Waals surface area contributed by atoms with Gasteiger partial charge in [-0.25, -0.2) is 0 Å². The van der Waals surface area contributed by atoms with Crippen molar-refractivity contribution in [3.63, 3.8) is 0 Å². The highest BCUT2D eigenvalue weighted by Crippen LogP contribution is 2.24. The Bertz CT molecular complexity index is 338. The van der Waals surface area contributed by atoms with Crippen molar-refractivity contribution in [1.29, 1.82) is 0 Å². The SMILES string of the molecule is CNCc1ccc(CN2CC(C)CC(C)C2)s1. The fourth-order valence-electron chi connectivity index (χ4n) is 2.92. The van der Waals surface area contributed by atoms with Crippen LogP contribution in [-0.2, 0) is 13.1 Å². The van der Waals surface area contributed by atoms with Gasteiger partial charge in [-0.05, 0) is 37.4 Å². The molecule has 2 rings (SSSR count). The van der Waals surface area contributed by atoms with Crippen molar-refractivity contribution in [1.82, 2.24) is 10.2 Å². The quantitative estimate of drug-likeness (QED) is 0.886. The maximum atomic E-state index is 3.21. The Balaban J connectivity index is 1.90. The van der Waals surface area contributed by atoms with E-state index in [4.69, 9.17) is 0 Å². The highest BCUT2D eigenvalue weighted by Gasteiger charge is 2.21. The van der Waals surface area contributed by atoms with E-state index in [9.17, 15) is 0 Å². The first-order valence-electron chi connectivity index (χ1n) is 6.62. The number of hydrogen-bond acceptors (Lipinski definition) is 3. The maximum absolute atomic E-state index is 3.21. The Labute approximate surface area is 109 Å². The third-order valence-corrected chi connectivity index (χ3v) is 4.46. The molecule has 2 atom stereocenters. The van der Waals surface area contributed by atoms with Crippen LogP contribution in [0, 0.1) is 11.8 Å². The number of piperidine rings is 1. The highest BCUT2D eigenvalue weighted by molar-refractivity contribution is 7.11. The van der Waals surface area contributed by atoms with Gasteiger partial charge in [0.15, 0.2) is 0 Å². The zero-order valence-electron chi connectivity index (χ0n) is 11.2. The summed E-state index contributed by atoms with van der Waals surface area (Å²) in [5.74, 6) is 1.71. The van der Waals surface area contributed by atoms with E-state index in [1.807, 2.05) is 18.4 Å². The van der Waals surface area contributed by atoms with E-state index in [0.717, 1.165) is 24.9 Å². The Morgan fingerprint density at radius 1 is 1.24 bits per heavy atom.